The van der Waals surface area contributed by atoms with E-state index in [2.05, 4.69) is 25.9 Å². The Balaban J connectivity index is 1.92. The van der Waals surface area contributed by atoms with Gasteiger partial charge in [-0.25, -0.2) is 9.97 Å². The number of pyridine rings is 1. The Hall–Kier alpha value is -2.01. The third-order valence-electron chi connectivity index (χ3n) is 3.56. The Morgan fingerprint density at radius 1 is 1.14 bits per heavy atom. The van der Waals surface area contributed by atoms with Crippen LogP contribution in [-0.4, -0.2) is 15.0 Å². The molecule has 0 saturated heterocycles. The predicted octanol–water partition coefficient (Wildman–Crippen LogP) is 4.44. The lowest BCUT2D eigenvalue weighted by atomic mass is 10.1. The Morgan fingerprint density at radius 2 is 2.05 bits per heavy atom. The second-order valence-corrected chi connectivity index (χ2v) is 5.96. The third-order valence-corrected chi connectivity index (χ3v) is 4.20. The van der Waals surface area contributed by atoms with Gasteiger partial charge in [0.1, 0.15) is 5.82 Å². The van der Waals surface area contributed by atoms with Crippen molar-refractivity contribution in [2.75, 3.05) is 0 Å². The predicted molar refractivity (Wildman–Crippen MR) is 82.6 cm³/mol. The van der Waals surface area contributed by atoms with E-state index in [1.165, 1.54) is 12.8 Å². The highest BCUT2D eigenvalue weighted by molar-refractivity contribution is 9.10. The number of halogens is 1. The van der Waals surface area contributed by atoms with Crippen molar-refractivity contribution < 1.29 is 4.42 Å². The summed E-state index contributed by atoms with van der Waals surface area (Å²) in [6.45, 7) is 0. The first kappa shape index (κ1) is 12.7. The number of furan rings is 1. The maximum Gasteiger partial charge on any atom is 0.132 e. The van der Waals surface area contributed by atoms with E-state index in [9.17, 15) is 0 Å². The van der Waals surface area contributed by atoms with Crippen LogP contribution < -0.4 is 0 Å². The van der Waals surface area contributed by atoms with Crippen LogP contribution in [0.15, 0.2) is 52.0 Å². The lowest BCUT2D eigenvalue weighted by Gasteiger charge is -2.09. The first-order chi connectivity index (χ1) is 10.3. The second-order valence-electron chi connectivity index (χ2n) is 5.11. The van der Waals surface area contributed by atoms with E-state index in [4.69, 9.17) is 9.40 Å². The molecule has 0 spiro atoms. The van der Waals surface area contributed by atoms with Crippen LogP contribution in [0.1, 0.15) is 24.6 Å². The van der Waals surface area contributed by atoms with Gasteiger partial charge in [0.25, 0.3) is 0 Å². The van der Waals surface area contributed by atoms with Crippen molar-refractivity contribution in [2.45, 2.75) is 18.8 Å². The van der Waals surface area contributed by atoms with Crippen molar-refractivity contribution in [2.24, 2.45) is 0 Å². The lowest BCUT2D eigenvalue weighted by Crippen LogP contribution is -1.98. The van der Waals surface area contributed by atoms with Gasteiger partial charge in [-0.05, 0) is 47.0 Å². The van der Waals surface area contributed by atoms with Crippen LogP contribution in [0.4, 0.5) is 0 Å². The van der Waals surface area contributed by atoms with Gasteiger partial charge in [-0.2, -0.15) is 0 Å². The first-order valence-corrected chi connectivity index (χ1v) is 7.62. The summed E-state index contributed by atoms with van der Waals surface area (Å²) in [6.07, 6.45) is 9.36. The summed E-state index contributed by atoms with van der Waals surface area (Å²) >= 11 is 3.55. The van der Waals surface area contributed by atoms with Gasteiger partial charge in [-0.15, -0.1) is 0 Å². The minimum atomic E-state index is 0.511. The fourth-order valence-electron chi connectivity index (χ4n) is 2.31. The molecule has 3 heterocycles. The summed E-state index contributed by atoms with van der Waals surface area (Å²) in [5.74, 6) is 1.43. The minimum absolute atomic E-state index is 0.511. The smallest absolute Gasteiger partial charge is 0.132 e. The molecule has 0 amide bonds. The van der Waals surface area contributed by atoms with Crippen molar-refractivity contribution in [3.8, 4) is 22.5 Å². The van der Waals surface area contributed by atoms with Gasteiger partial charge in [0.15, 0.2) is 0 Å². The molecule has 1 aliphatic carbocycles. The average molecular weight is 342 g/mol. The summed E-state index contributed by atoms with van der Waals surface area (Å²) in [7, 11) is 0. The normalized spacial score (nSPS) is 14.3. The summed E-state index contributed by atoms with van der Waals surface area (Å²) in [5.41, 5.74) is 3.58. The average Bonchev–Trinajstić information content (AvgIpc) is 3.22. The zero-order chi connectivity index (χ0) is 14.2. The summed E-state index contributed by atoms with van der Waals surface area (Å²) in [5, 5.41) is 0. The van der Waals surface area contributed by atoms with Gasteiger partial charge < -0.3 is 4.42 Å². The molecule has 3 aromatic rings. The molecular formula is C16H12BrN3O. The van der Waals surface area contributed by atoms with Crippen molar-refractivity contribution in [3.05, 3.63) is 53.4 Å². The fraction of sp³-hybridized carbons (Fsp3) is 0.188. The Kier molecular flexibility index (Phi) is 3.07. The number of aromatic nitrogens is 3. The number of rotatable bonds is 3. The second kappa shape index (κ2) is 5.07. The van der Waals surface area contributed by atoms with E-state index >= 15 is 0 Å². The molecule has 104 valence electrons. The van der Waals surface area contributed by atoms with Crippen molar-refractivity contribution in [1.29, 1.82) is 0 Å². The molecule has 1 aliphatic rings. The molecule has 0 radical (unpaired) electrons. The topological polar surface area (TPSA) is 51.8 Å². The lowest BCUT2D eigenvalue weighted by molar-refractivity contribution is 0.568. The quantitative estimate of drug-likeness (QED) is 0.706. The van der Waals surface area contributed by atoms with E-state index in [0.29, 0.717) is 5.92 Å². The van der Waals surface area contributed by atoms with Gasteiger partial charge in [0, 0.05) is 33.9 Å². The Labute approximate surface area is 130 Å². The van der Waals surface area contributed by atoms with Crippen LogP contribution in [0.3, 0.4) is 0 Å². The molecule has 4 rings (SSSR count). The van der Waals surface area contributed by atoms with Gasteiger partial charge >= 0.3 is 0 Å². The third kappa shape index (κ3) is 2.38. The zero-order valence-corrected chi connectivity index (χ0v) is 12.7. The van der Waals surface area contributed by atoms with Crippen LogP contribution in [-0.2, 0) is 0 Å². The molecule has 3 aromatic heterocycles. The summed E-state index contributed by atoms with van der Waals surface area (Å²) < 4.78 is 6.14. The van der Waals surface area contributed by atoms with E-state index in [0.717, 1.165) is 32.8 Å². The van der Waals surface area contributed by atoms with Crippen LogP contribution in [0, 0.1) is 0 Å². The van der Waals surface area contributed by atoms with Crippen molar-refractivity contribution >= 4 is 15.9 Å². The highest BCUT2D eigenvalue weighted by Gasteiger charge is 2.28. The first-order valence-electron chi connectivity index (χ1n) is 6.83. The maximum absolute atomic E-state index is 5.21. The highest BCUT2D eigenvalue weighted by Crippen LogP contribution is 2.40. The number of hydrogen-bond acceptors (Lipinski definition) is 4. The summed E-state index contributed by atoms with van der Waals surface area (Å²) in [6, 6.07) is 5.78. The molecule has 4 nitrogen and oxygen atoms in total. The molecule has 1 saturated carbocycles. The fourth-order valence-corrected chi connectivity index (χ4v) is 2.78. The molecule has 0 aromatic carbocycles. The van der Waals surface area contributed by atoms with Gasteiger partial charge in [0.05, 0.1) is 23.9 Å². The molecule has 0 bridgehead atoms. The largest absolute Gasteiger partial charge is 0.472 e. The maximum atomic E-state index is 5.21. The minimum Gasteiger partial charge on any atom is -0.472 e. The van der Waals surface area contributed by atoms with Crippen LogP contribution in [0.5, 0.6) is 0 Å². The number of hydrogen-bond donors (Lipinski definition) is 0. The molecule has 0 aliphatic heterocycles. The summed E-state index contributed by atoms with van der Waals surface area (Å²) in [4.78, 5) is 13.7. The molecule has 1 fully saturated rings. The zero-order valence-electron chi connectivity index (χ0n) is 11.2. The molecular weight excluding hydrogens is 330 g/mol. The highest BCUT2D eigenvalue weighted by atomic mass is 79.9. The molecule has 0 N–H and O–H groups in total. The van der Waals surface area contributed by atoms with Crippen molar-refractivity contribution in [3.63, 3.8) is 0 Å². The van der Waals surface area contributed by atoms with Crippen LogP contribution in [0.25, 0.3) is 22.5 Å². The van der Waals surface area contributed by atoms with Crippen LogP contribution in [0.2, 0.25) is 0 Å². The van der Waals surface area contributed by atoms with Crippen molar-refractivity contribution in [1.82, 2.24) is 15.0 Å². The van der Waals surface area contributed by atoms with Gasteiger partial charge in [-0.1, -0.05) is 0 Å². The van der Waals surface area contributed by atoms with Crippen LogP contribution >= 0.6 is 15.9 Å². The Bertz CT molecular complexity index is 782. The van der Waals surface area contributed by atoms with E-state index < -0.39 is 0 Å². The standard InChI is InChI=1S/C16H12BrN3O/c17-13-2-1-6-18-15(13)12-8-19-16(10-3-4-10)20-14(12)11-5-7-21-9-11/h1-2,5-10H,3-4H2. The van der Waals surface area contributed by atoms with E-state index in [-0.39, 0.29) is 0 Å². The SMILES string of the molecule is Brc1cccnc1-c1cnc(C2CC2)nc1-c1ccoc1. The molecule has 21 heavy (non-hydrogen) atoms. The van der Waals surface area contributed by atoms with Gasteiger partial charge in [-0.3, -0.25) is 4.98 Å². The monoisotopic (exact) mass is 341 g/mol. The molecule has 0 atom stereocenters. The van der Waals surface area contributed by atoms with Gasteiger partial charge in [0.2, 0.25) is 0 Å². The number of nitrogens with zero attached hydrogens (tertiary/aromatic N) is 3. The molecule has 5 heteroatoms. The Morgan fingerprint density at radius 3 is 2.76 bits per heavy atom. The van der Waals surface area contributed by atoms with E-state index in [1.807, 2.05) is 24.4 Å². The van der Waals surface area contributed by atoms with E-state index in [1.54, 1.807) is 18.7 Å². The molecule has 0 unspecified atom stereocenters.